The average Bonchev–Trinajstić information content (AvgIpc) is 2.24. The van der Waals surface area contributed by atoms with E-state index in [1.54, 1.807) is 0 Å². The predicted octanol–water partition coefficient (Wildman–Crippen LogP) is 1.43. The molecule has 0 radical (unpaired) electrons. The van der Waals surface area contributed by atoms with Crippen LogP contribution in [0.3, 0.4) is 0 Å². The Kier molecular flexibility index (Phi) is 3.72. The molecule has 1 aromatic heterocycles. The van der Waals surface area contributed by atoms with E-state index in [1.165, 1.54) is 19.3 Å². The lowest BCUT2D eigenvalue weighted by Crippen LogP contribution is -2.30. The van der Waals surface area contributed by atoms with E-state index in [9.17, 15) is 0 Å². The molecule has 0 saturated heterocycles. The minimum absolute atomic E-state index is 0.776. The topological polar surface area (TPSA) is 41.1 Å². The van der Waals surface area contributed by atoms with E-state index < -0.39 is 0 Å². The second kappa shape index (κ2) is 5.25. The first kappa shape index (κ1) is 11.3. The van der Waals surface area contributed by atoms with Crippen molar-refractivity contribution in [2.45, 2.75) is 25.8 Å². The Bertz CT molecular complexity index is 336. The van der Waals surface area contributed by atoms with E-state index >= 15 is 0 Å². The van der Waals surface area contributed by atoms with Crippen molar-refractivity contribution in [3.8, 4) is 0 Å². The Hall–Kier alpha value is -1.16. The van der Waals surface area contributed by atoms with Gasteiger partial charge in [-0.25, -0.2) is 4.98 Å². The summed E-state index contributed by atoms with van der Waals surface area (Å²) in [6, 6.07) is 0. The zero-order valence-electron chi connectivity index (χ0n) is 10.1. The first-order chi connectivity index (χ1) is 7.79. The fourth-order valence-electron chi connectivity index (χ4n) is 2.00. The third kappa shape index (κ3) is 2.70. The fraction of sp³-hybridized carbons (Fsp3) is 0.667. The molecule has 88 valence electrons. The highest BCUT2D eigenvalue weighted by Crippen LogP contribution is 2.27. The van der Waals surface area contributed by atoms with Crippen LogP contribution >= 0.6 is 0 Å². The van der Waals surface area contributed by atoms with E-state index in [0.29, 0.717) is 0 Å². The van der Waals surface area contributed by atoms with Gasteiger partial charge in [0.05, 0.1) is 11.9 Å². The van der Waals surface area contributed by atoms with Crippen molar-refractivity contribution in [2.75, 3.05) is 25.5 Å². The minimum atomic E-state index is 0.776. The van der Waals surface area contributed by atoms with Gasteiger partial charge in [-0.3, -0.25) is 4.98 Å². The van der Waals surface area contributed by atoms with Crippen LogP contribution in [0.25, 0.3) is 0 Å². The summed E-state index contributed by atoms with van der Waals surface area (Å²) in [5.41, 5.74) is 1.00. The second-order valence-electron chi connectivity index (χ2n) is 4.58. The maximum absolute atomic E-state index is 4.57. The molecule has 1 aliphatic carbocycles. The summed E-state index contributed by atoms with van der Waals surface area (Å²) < 4.78 is 0. The molecule has 1 heterocycles. The van der Waals surface area contributed by atoms with Gasteiger partial charge in [0.1, 0.15) is 5.82 Å². The van der Waals surface area contributed by atoms with Crippen LogP contribution in [0, 0.1) is 5.92 Å². The van der Waals surface area contributed by atoms with Crippen molar-refractivity contribution in [1.29, 1.82) is 0 Å². The lowest BCUT2D eigenvalue weighted by molar-refractivity contribution is 0.321. The maximum atomic E-state index is 4.57. The van der Waals surface area contributed by atoms with Gasteiger partial charge in [0.2, 0.25) is 0 Å². The molecule has 1 fully saturated rings. The highest BCUT2D eigenvalue weighted by atomic mass is 15.2. The fourth-order valence-corrected chi connectivity index (χ4v) is 2.00. The summed E-state index contributed by atoms with van der Waals surface area (Å²) in [6.07, 6.45) is 7.79. The Labute approximate surface area is 97.1 Å². The van der Waals surface area contributed by atoms with Gasteiger partial charge in [-0.1, -0.05) is 6.42 Å². The molecular weight excluding hydrogens is 200 g/mol. The molecule has 4 nitrogen and oxygen atoms in total. The summed E-state index contributed by atoms with van der Waals surface area (Å²) in [5, 5.41) is 3.09. The molecule has 2 rings (SSSR count). The van der Waals surface area contributed by atoms with E-state index in [4.69, 9.17) is 0 Å². The number of nitrogens with zero attached hydrogens (tertiary/aromatic N) is 3. The molecule has 0 aliphatic heterocycles. The highest BCUT2D eigenvalue weighted by molar-refractivity contribution is 5.35. The van der Waals surface area contributed by atoms with Crippen LogP contribution in [0.5, 0.6) is 0 Å². The normalized spacial score (nSPS) is 15.9. The number of aromatic nitrogens is 2. The number of rotatable bonds is 5. The van der Waals surface area contributed by atoms with Crippen LogP contribution in [-0.4, -0.2) is 30.6 Å². The Morgan fingerprint density at radius 3 is 2.88 bits per heavy atom. The standard InChI is InChI=1S/C12H20N4/c1-13-6-11-7-14-8-12(15-11)16(2)9-10-4-3-5-10/h7-8,10,13H,3-6,9H2,1-2H3. The highest BCUT2D eigenvalue weighted by Gasteiger charge is 2.19. The molecule has 0 unspecified atom stereocenters. The molecule has 0 bridgehead atoms. The van der Waals surface area contributed by atoms with Crippen LogP contribution in [0.4, 0.5) is 5.82 Å². The van der Waals surface area contributed by atoms with Gasteiger partial charge in [0.25, 0.3) is 0 Å². The molecular formula is C12H20N4. The van der Waals surface area contributed by atoms with Crippen molar-refractivity contribution in [2.24, 2.45) is 5.92 Å². The minimum Gasteiger partial charge on any atom is -0.358 e. The Morgan fingerprint density at radius 1 is 1.44 bits per heavy atom. The van der Waals surface area contributed by atoms with E-state index in [1.807, 2.05) is 19.4 Å². The van der Waals surface area contributed by atoms with E-state index in [-0.39, 0.29) is 0 Å². The molecule has 1 saturated carbocycles. The zero-order valence-corrected chi connectivity index (χ0v) is 10.1. The van der Waals surface area contributed by atoms with Gasteiger partial charge >= 0.3 is 0 Å². The largest absolute Gasteiger partial charge is 0.358 e. The van der Waals surface area contributed by atoms with Gasteiger partial charge in [-0.15, -0.1) is 0 Å². The third-order valence-corrected chi connectivity index (χ3v) is 3.18. The van der Waals surface area contributed by atoms with Crippen molar-refractivity contribution in [3.63, 3.8) is 0 Å². The molecule has 0 spiro atoms. The van der Waals surface area contributed by atoms with Crippen molar-refractivity contribution in [3.05, 3.63) is 18.1 Å². The first-order valence-electron chi connectivity index (χ1n) is 5.96. The Balaban J connectivity index is 1.97. The summed E-state index contributed by atoms with van der Waals surface area (Å²) in [4.78, 5) is 11.0. The molecule has 1 N–H and O–H groups in total. The van der Waals surface area contributed by atoms with Crippen molar-refractivity contribution < 1.29 is 0 Å². The molecule has 0 amide bonds. The summed E-state index contributed by atoms with van der Waals surface area (Å²) >= 11 is 0. The lowest BCUT2D eigenvalue weighted by Gasteiger charge is -2.30. The van der Waals surface area contributed by atoms with Crippen molar-refractivity contribution in [1.82, 2.24) is 15.3 Å². The van der Waals surface area contributed by atoms with Gasteiger partial charge < -0.3 is 10.2 Å². The summed E-state index contributed by atoms with van der Waals surface area (Å²) in [5.74, 6) is 1.85. The van der Waals surface area contributed by atoms with E-state index in [0.717, 1.165) is 30.5 Å². The maximum Gasteiger partial charge on any atom is 0.147 e. The first-order valence-corrected chi connectivity index (χ1v) is 5.96. The predicted molar refractivity (Wildman–Crippen MR) is 65.4 cm³/mol. The SMILES string of the molecule is CNCc1cncc(N(C)CC2CCC2)n1. The molecule has 16 heavy (non-hydrogen) atoms. The van der Waals surface area contributed by atoms with E-state index in [2.05, 4.69) is 27.2 Å². The number of nitrogens with one attached hydrogen (secondary N) is 1. The van der Waals surface area contributed by atoms with Crippen LogP contribution in [0.15, 0.2) is 12.4 Å². The van der Waals surface area contributed by atoms with Crippen LogP contribution in [-0.2, 0) is 6.54 Å². The van der Waals surface area contributed by atoms with Crippen molar-refractivity contribution >= 4 is 5.82 Å². The average molecular weight is 220 g/mol. The lowest BCUT2D eigenvalue weighted by atomic mass is 9.85. The quantitative estimate of drug-likeness (QED) is 0.815. The molecule has 0 aromatic carbocycles. The number of anilines is 1. The van der Waals surface area contributed by atoms with Gasteiger partial charge in [-0.05, 0) is 25.8 Å². The Morgan fingerprint density at radius 2 is 2.25 bits per heavy atom. The molecule has 1 aliphatic rings. The summed E-state index contributed by atoms with van der Waals surface area (Å²) in [6.45, 7) is 1.88. The van der Waals surface area contributed by atoms with Crippen LogP contribution < -0.4 is 10.2 Å². The molecule has 1 aromatic rings. The smallest absolute Gasteiger partial charge is 0.147 e. The molecule has 0 atom stereocenters. The van der Waals surface area contributed by atoms with Crippen LogP contribution in [0.1, 0.15) is 25.0 Å². The molecule has 4 heteroatoms. The summed E-state index contributed by atoms with van der Waals surface area (Å²) in [7, 11) is 4.03. The van der Waals surface area contributed by atoms with Gasteiger partial charge in [0.15, 0.2) is 0 Å². The number of hydrogen-bond acceptors (Lipinski definition) is 4. The monoisotopic (exact) mass is 220 g/mol. The van der Waals surface area contributed by atoms with Gasteiger partial charge in [0, 0.05) is 26.3 Å². The van der Waals surface area contributed by atoms with Crippen LogP contribution in [0.2, 0.25) is 0 Å². The zero-order chi connectivity index (χ0) is 11.4. The third-order valence-electron chi connectivity index (χ3n) is 3.18. The second-order valence-corrected chi connectivity index (χ2v) is 4.58. The number of hydrogen-bond donors (Lipinski definition) is 1. The van der Waals surface area contributed by atoms with Gasteiger partial charge in [-0.2, -0.15) is 0 Å².